The second kappa shape index (κ2) is 6.49. The Hall–Kier alpha value is -2.81. The molecule has 8 nitrogen and oxygen atoms in total. The predicted molar refractivity (Wildman–Crippen MR) is 97.7 cm³/mol. The number of aryl methyl sites for hydroxylation is 1. The topological polar surface area (TPSA) is 112 Å². The Morgan fingerprint density at radius 3 is 2.85 bits per heavy atom. The molecule has 0 aliphatic carbocycles. The molecule has 1 amide bonds. The van der Waals surface area contributed by atoms with Gasteiger partial charge in [0.05, 0.1) is 28.6 Å². The summed E-state index contributed by atoms with van der Waals surface area (Å²) in [4.78, 5) is 53.0. The molecule has 4 rings (SSSR count). The van der Waals surface area contributed by atoms with E-state index in [0.29, 0.717) is 39.4 Å². The van der Waals surface area contributed by atoms with Gasteiger partial charge in [-0.15, -0.1) is 11.3 Å². The largest absolute Gasteiger partial charge is 0.337 e. The van der Waals surface area contributed by atoms with Gasteiger partial charge in [0, 0.05) is 25.1 Å². The number of rotatable bonds is 2. The van der Waals surface area contributed by atoms with Gasteiger partial charge in [-0.25, -0.2) is 9.97 Å². The monoisotopic (exact) mass is 371 g/mol. The minimum atomic E-state index is -0.230. The highest BCUT2D eigenvalue weighted by atomic mass is 32.1. The van der Waals surface area contributed by atoms with Crippen molar-refractivity contribution in [1.29, 1.82) is 0 Å². The molecule has 0 spiro atoms. The molecular weight excluding hydrogens is 354 g/mol. The van der Waals surface area contributed by atoms with Crippen LogP contribution in [0, 0.1) is 6.92 Å². The van der Waals surface area contributed by atoms with Crippen molar-refractivity contribution in [2.24, 2.45) is 0 Å². The van der Waals surface area contributed by atoms with Gasteiger partial charge in [-0.1, -0.05) is 0 Å². The van der Waals surface area contributed by atoms with Crippen molar-refractivity contribution in [2.75, 3.05) is 13.1 Å². The van der Waals surface area contributed by atoms with Crippen LogP contribution in [0.15, 0.2) is 28.3 Å². The molecule has 1 unspecified atom stereocenters. The lowest BCUT2D eigenvalue weighted by Gasteiger charge is -2.32. The van der Waals surface area contributed by atoms with Gasteiger partial charge in [0.25, 0.3) is 17.0 Å². The minimum absolute atomic E-state index is 0.0335. The maximum Gasteiger partial charge on any atom is 0.264 e. The van der Waals surface area contributed by atoms with E-state index in [-0.39, 0.29) is 22.9 Å². The van der Waals surface area contributed by atoms with Gasteiger partial charge >= 0.3 is 0 Å². The summed E-state index contributed by atoms with van der Waals surface area (Å²) in [6, 6.07) is 1.49. The number of thiophene rings is 1. The number of carbonyl (C=O) groups excluding carboxylic acids is 1. The number of hydrogen-bond acceptors (Lipinski definition) is 6. The van der Waals surface area contributed by atoms with E-state index < -0.39 is 0 Å². The summed E-state index contributed by atoms with van der Waals surface area (Å²) >= 11 is 1.25. The van der Waals surface area contributed by atoms with Gasteiger partial charge in [0.2, 0.25) is 0 Å². The smallest absolute Gasteiger partial charge is 0.264 e. The van der Waals surface area contributed by atoms with E-state index in [0.717, 1.165) is 12.8 Å². The van der Waals surface area contributed by atoms with Crippen molar-refractivity contribution in [3.05, 3.63) is 55.6 Å². The molecule has 0 radical (unpaired) electrons. The Morgan fingerprint density at radius 2 is 2.08 bits per heavy atom. The number of piperidine rings is 1. The summed E-state index contributed by atoms with van der Waals surface area (Å²) < 4.78 is 0. The van der Waals surface area contributed by atoms with Gasteiger partial charge in [-0.2, -0.15) is 0 Å². The van der Waals surface area contributed by atoms with Crippen LogP contribution in [0.25, 0.3) is 10.2 Å². The molecule has 1 aliphatic rings. The van der Waals surface area contributed by atoms with Crippen molar-refractivity contribution < 1.29 is 4.79 Å². The average molecular weight is 371 g/mol. The third kappa shape index (κ3) is 2.84. The molecule has 9 heteroatoms. The van der Waals surface area contributed by atoms with Crippen molar-refractivity contribution >= 4 is 27.5 Å². The van der Waals surface area contributed by atoms with Gasteiger partial charge in [0.15, 0.2) is 0 Å². The number of hydrogen-bond donors (Lipinski definition) is 2. The van der Waals surface area contributed by atoms with E-state index in [1.807, 2.05) is 0 Å². The molecule has 3 aromatic heterocycles. The first-order chi connectivity index (χ1) is 12.5. The van der Waals surface area contributed by atoms with Crippen LogP contribution in [0.3, 0.4) is 0 Å². The predicted octanol–water partition coefficient (Wildman–Crippen LogP) is 1.40. The fourth-order valence-corrected chi connectivity index (χ4v) is 4.55. The van der Waals surface area contributed by atoms with E-state index in [1.165, 1.54) is 30.1 Å². The van der Waals surface area contributed by atoms with Gasteiger partial charge in [-0.3, -0.25) is 14.4 Å². The van der Waals surface area contributed by atoms with Crippen LogP contribution in [0.1, 0.15) is 39.7 Å². The number of fused-ring (bicyclic) bond motifs is 1. The summed E-state index contributed by atoms with van der Waals surface area (Å²) in [5, 5.41) is 0.477. The first-order valence-electron chi connectivity index (χ1n) is 8.35. The second-order valence-corrected chi connectivity index (χ2v) is 7.39. The number of nitrogens with zero attached hydrogens (tertiary/aromatic N) is 3. The van der Waals surface area contributed by atoms with Crippen molar-refractivity contribution in [3.63, 3.8) is 0 Å². The van der Waals surface area contributed by atoms with Crippen molar-refractivity contribution in [3.8, 4) is 0 Å². The molecule has 1 fully saturated rings. The third-order valence-corrected chi connectivity index (χ3v) is 5.94. The summed E-state index contributed by atoms with van der Waals surface area (Å²) in [6.45, 7) is 2.94. The Kier molecular flexibility index (Phi) is 4.15. The van der Waals surface area contributed by atoms with E-state index >= 15 is 0 Å². The second-order valence-electron chi connectivity index (χ2n) is 6.39. The number of nitrogens with one attached hydrogen (secondary N) is 2. The maximum atomic E-state index is 13.1. The molecule has 26 heavy (non-hydrogen) atoms. The van der Waals surface area contributed by atoms with Crippen molar-refractivity contribution in [1.82, 2.24) is 24.8 Å². The molecule has 1 atom stereocenters. The molecule has 1 saturated heterocycles. The van der Waals surface area contributed by atoms with Crippen LogP contribution in [-0.4, -0.2) is 43.8 Å². The van der Waals surface area contributed by atoms with Crippen LogP contribution in [0.2, 0.25) is 0 Å². The number of likely N-dealkylation sites (tertiary alicyclic amines) is 1. The normalized spacial score (nSPS) is 17.6. The third-order valence-electron chi connectivity index (χ3n) is 4.75. The lowest BCUT2D eigenvalue weighted by Crippen LogP contribution is -2.39. The average Bonchev–Trinajstić information content (AvgIpc) is 2.99. The summed E-state index contributed by atoms with van der Waals surface area (Å²) in [5.74, 6) is -0.0642. The molecule has 2 N–H and O–H groups in total. The first kappa shape index (κ1) is 16.6. The van der Waals surface area contributed by atoms with Gasteiger partial charge < -0.3 is 14.9 Å². The lowest BCUT2D eigenvalue weighted by atomic mass is 9.94. The van der Waals surface area contributed by atoms with Gasteiger partial charge in [-0.05, 0) is 25.3 Å². The first-order valence-corrected chi connectivity index (χ1v) is 9.17. The quantitative estimate of drug-likeness (QED) is 0.707. The minimum Gasteiger partial charge on any atom is -0.337 e. The summed E-state index contributed by atoms with van der Waals surface area (Å²) in [7, 11) is 0. The number of amides is 1. The Morgan fingerprint density at radius 1 is 1.27 bits per heavy atom. The van der Waals surface area contributed by atoms with E-state index in [1.54, 1.807) is 11.8 Å². The highest BCUT2D eigenvalue weighted by Gasteiger charge is 2.29. The molecule has 0 aromatic carbocycles. The molecule has 3 aromatic rings. The van der Waals surface area contributed by atoms with Crippen molar-refractivity contribution in [2.45, 2.75) is 25.7 Å². The zero-order valence-electron chi connectivity index (χ0n) is 14.1. The fourth-order valence-electron chi connectivity index (χ4n) is 3.44. The molecular formula is C17H17N5O3S. The van der Waals surface area contributed by atoms with E-state index in [4.69, 9.17) is 0 Å². The maximum absolute atomic E-state index is 13.1. The van der Waals surface area contributed by atoms with Crippen LogP contribution in [0.4, 0.5) is 0 Å². The SMILES string of the molecule is Cc1c(C(=O)N2CCCC(c3cc(=O)[nH]cn3)C2)sc2nc[nH]c(=O)c12. The zero-order chi connectivity index (χ0) is 18.3. The molecule has 134 valence electrons. The van der Waals surface area contributed by atoms with Crippen LogP contribution in [-0.2, 0) is 0 Å². The summed E-state index contributed by atoms with van der Waals surface area (Å²) in [5.41, 5.74) is 0.953. The van der Waals surface area contributed by atoms with Crippen LogP contribution >= 0.6 is 11.3 Å². The fraction of sp³-hybridized carbons (Fsp3) is 0.353. The lowest BCUT2D eigenvalue weighted by molar-refractivity contribution is 0.0710. The Labute approximate surface area is 151 Å². The van der Waals surface area contributed by atoms with E-state index in [9.17, 15) is 14.4 Å². The van der Waals surface area contributed by atoms with E-state index in [2.05, 4.69) is 19.9 Å². The number of carbonyl (C=O) groups is 1. The standard InChI is InChI=1S/C17H17N5O3S/c1-9-13-15(24)20-8-21-16(13)26-14(9)17(25)22-4-2-3-10(6-22)11-5-12(23)19-7-18-11/h5,7-8,10H,2-4,6H2,1H3,(H,18,19,23)(H,20,21,24). The highest BCUT2D eigenvalue weighted by Crippen LogP contribution is 2.31. The number of aromatic nitrogens is 4. The van der Waals surface area contributed by atoms with Gasteiger partial charge in [0.1, 0.15) is 4.83 Å². The highest BCUT2D eigenvalue weighted by molar-refractivity contribution is 7.20. The van der Waals surface area contributed by atoms with Crippen LogP contribution in [0.5, 0.6) is 0 Å². The Bertz CT molecular complexity index is 1100. The number of aromatic amines is 2. The number of H-pyrrole nitrogens is 2. The Balaban J connectivity index is 1.64. The molecule has 0 bridgehead atoms. The van der Waals surface area contributed by atoms with Crippen LogP contribution < -0.4 is 11.1 Å². The molecule has 0 saturated carbocycles. The molecule has 1 aliphatic heterocycles. The molecule has 4 heterocycles. The zero-order valence-corrected chi connectivity index (χ0v) is 14.9. The summed E-state index contributed by atoms with van der Waals surface area (Å²) in [6.07, 6.45) is 4.47.